The first kappa shape index (κ1) is 18.5. The van der Waals surface area contributed by atoms with Gasteiger partial charge in [-0.2, -0.15) is 0 Å². The molecule has 0 bridgehead atoms. The summed E-state index contributed by atoms with van der Waals surface area (Å²) in [5, 5.41) is 7.33. The van der Waals surface area contributed by atoms with Crippen molar-refractivity contribution in [3.8, 4) is 0 Å². The number of carbonyl (C=O) groups excluding carboxylic acids is 2. The van der Waals surface area contributed by atoms with E-state index in [9.17, 15) is 9.59 Å². The Morgan fingerprint density at radius 3 is 2.76 bits per heavy atom. The molecule has 136 valence electrons. The average molecular weight is 384 g/mol. The summed E-state index contributed by atoms with van der Waals surface area (Å²) < 4.78 is 0. The highest BCUT2D eigenvalue weighted by Gasteiger charge is 2.34. The summed E-state index contributed by atoms with van der Waals surface area (Å²) in [7, 11) is 0. The Bertz CT molecular complexity index is 664. The van der Waals surface area contributed by atoms with Crippen LogP contribution in [0.15, 0.2) is 18.2 Å². The third-order valence-electron chi connectivity index (χ3n) is 4.68. The van der Waals surface area contributed by atoms with Crippen LogP contribution < -0.4 is 10.6 Å². The molecule has 1 saturated heterocycles. The van der Waals surface area contributed by atoms with Crippen molar-refractivity contribution < 1.29 is 9.59 Å². The van der Waals surface area contributed by atoms with Gasteiger partial charge in [-0.25, -0.2) is 0 Å². The maximum atomic E-state index is 13.0. The molecule has 1 aliphatic carbocycles. The Labute approximate surface area is 158 Å². The minimum absolute atomic E-state index is 0.0355. The normalized spacial score (nSPS) is 21.7. The molecule has 3 rings (SSSR count). The number of halogens is 2. The zero-order chi connectivity index (χ0) is 18.0. The van der Waals surface area contributed by atoms with E-state index >= 15 is 0 Å². The summed E-state index contributed by atoms with van der Waals surface area (Å²) >= 11 is 12.2. The van der Waals surface area contributed by atoms with Crippen LogP contribution in [0.3, 0.4) is 0 Å². The molecular weight excluding hydrogens is 361 g/mol. The van der Waals surface area contributed by atoms with E-state index in [-0.39, 0.29) is 23.8 Å². The van der Waals surface area contributed by atoms with Gasteiger partial charge in [0.15, 0.2) is 0 Å². The van der Waals surface area contributed by atoms with E-state index in [1.807, 2.05) is 17.9 Å². The van der Waals surface area contributed by atoms with Crippen LogP contribution >= 0.6 is 23.2 Å². The van der Waals surface area contributed by atoms with E-state index < -0.39 is 6.04 Å². The van der Waals surface area contributed by atoms with Gasteiger partial charge in [0, 0.05) is 48.1 Å². The lowest BCUT2D eigenvalue weighted by atomic mass is 10.0. The van der Waals surface area contributed by atoms with Gasteiger partial charge in [0.25, 0.3) is 0 Å². The summed E-state index contributed by atoms with van der Waals surface area (Å²) in [4.78, 5) is 27.1. The molecule has 0 aromatic heterocycles. The standard InChI is InChI=1S/C18H23Cl2N3O2/c1-11-10-23(7-6-21-11)18(25)16(22-17(24)12-2-3-12)8-13-4-5-14(19)9-15(13)20/h4-5,9,11-12,16,21H,2-3,6-8,10H2,1H3,(H,22,24)/t11-,16+/m1/s1. The molecule has 0 radical (unpaired) electrons. The largest absolute Gasteiger partial charge is 0.344 e. The predicted molar refractivity (Wildman–Crippen MR) is 98.9 cm³/mol. The minimum Gasteiger partial charge on any atom is -0.344 e. The Kier molecular flexibility index (Phi) is 5.87. The zero-order valence-corrected chi connectivity index (χ0v) is 15.7. The van der Waals surface area contributed by atoms with E-state index in [0.717, 1.165) is 24.9 Å². The number of benzene rings is 1. The first-order valence-corrected chi connectivity index (χ1v) is 9.46. The highest BCUT2D eigenvalue weighted by atomic mass is 35.5. The molecule has 1 aliphatic heterocycles. The summed E-state index contributed by atoms with van der Waals surface area (Å²) in [6, 6.07) is 4.87. The molecule has 5 nitrogen and oxygen atoms in total. The van der Waals surface area contributed by atoms with Crippen LogP contribution in [-0.4, -0.2) is 48.4 Å². The number of nitrogens with zero attached hydrogens (tertiary/aromatic N) is 1. The van der Waals surface area contributed by atoms with Gasteiger partial charge in [-0.3, -0.25) is 9.59 Å². The van der Waals surface area contributed by atoms with Crippen LogP contribution in [0.25, 0.3) is 0 Å². The van der Waals surface area contributed by atoms with E-state index in [1.165, 1.54) is 0 Å². The van der Waals surface area contributed by atoms with E-state index in [1.54, 1.807) is 12.1 Å². The zero-order valence-electron chi connectivity index (χ0n) is 14.2. The van der Waals surface area contributed by atoms with Gasteiger partial charge in [-0.05, 0) is 37.5 Å². The maximum absolute atomic E-state index is 13.0. The molecule has 2 aliphatic rings. The van der Waals surface area contributed by atoms with Gasteiger partial charge in [-0.15, -0.1) is 0 Å². The molecule has 2 fully saturated rings. The second kappa shape index (κ2) is 7.94. The van der Waals surface area contributed by atoms with Crippen LogP contribution in [0, 0.1) is 5.92 Å². The van der Waals surface area contributed by atoms with Gasteiger partial charge in [-0.1, -0.05) is 29.3 Å². The highest BCUT2D eigenvalue weighted by molar-refractivity contribution is 6.35. The molecule has 1 saturated carbocycles. The maximum Gasteiger partial charge on any atom is 0.245 e. The van der Waals surface area contributed by atoms with Gasteiger partial charge in [0.1, 0.15) is 6.04 Å². The number of rotatable bonds is 5. The molecule has 2 atom stereocenters. The Balaban J connectivity index is 1.75. The van der Waals surface area contributed by atoms with Crippen molar-refractivity contribution >= 4 is 35.0 Å². The highest BCUT2D eigenvalue weighted by Crippen LogP contribution is 2.29. The third kappa shape index (κ3) is 4.87. The summed E-state index contributed by atoms with van der Waals surface area (Å²) in [6.45, 7) is 4.10. The van der Waals surface area contributed by atoms with Crippen LogP contribution in [0.4, 0.5) is 0 Å². The Morgan fingerprint density at radius 2 is 2.12 bits per heavy atom. The summed E-state index contributed by atoms with van der Waals surface area (Å²) in [5.74, 6) is -0.0297. The van der Waals surface area contributed by atoms with E-state index in [2.05, 4.69) is 10.6 Å². The van der Waals surface area contributed by atoms with Gasteiger partial charge in [0.2, 0.25) is 11.8 Å². The third-order valence-corrected chi connectivity index (χ3v) is 5.27. The SMILES string of the molecule is C[C@@H]1CN(C(=O)[C@H](Cc2ccc(Cl)cc2Cl)NC(=O)C2CC2)CCN1. The fourth-order valence-electron chi connectivity index (χ4n) is 3.10. The average Bonchev–Trinajstić information content (AvgIpc) is 3.41. The van der Waals surface area contributed by atoms with Crippen molar-refractivity contribution in [1.29, 1.82) is 0 Å². The smallest absolute Gasteiger partial charge is 0.245 e. The summed E-state index contributed by atoms with van der Waals surface area (Å²) in [5.41, 5.74) is 0.809. The Hall–Kier alpha value is -1.30. The molecule has 2 amide bonds. The van der Waals surface area contributed by atoms with Crippen molar-refractivity contribution in [3.63, 3.8) is 0 Å². The van der Waals surface area contributed by atoms with Crippen LogP contribution in [0.5, 0.6) is 0 Å². The number of hydrogen-bond acceptors (Lipinski definition) is 3. The van der Waals surface area contributed by atoms with Gasteiger partial charge >= 0.3 is 0 Å². The quantitative estimate of drug-likeness (QED) is 0.819. The van der Waals surface area contributed by atoms with Crippen LogP contribution in [-0.2, 0) is 16.0 Å². The van der Waals surface area contributed by atoms with E-state index in [4.69, 9.17) is 23.2 Å². The first-order chi connectivity index (χ1) is 11.9. The molecule has 0 unspecified atom stereocenters. The molecule has 2 N–H and O–H groups in total. The monoisotopic (exact) mass is 383 g/mol. The first-order valence-electron chi connectivity index (χ1n) is 8.70. The number of amides is 2. The van der Waals surface area contributed by atoms with Crippen molar-refractivity contribution in [3.05, 3.63) is 33.8 Å². The van der Waals surface area contributed by atoms with Crippen molar-refractivity contribution in [2.45, 2.75) is 38.3 Å². The lowest BCUT2D eigenvalue weighted by Crippen LogP contribution is -2.57. The summed E-state index contributed by atoms with van der Waals surface area (Å²) in [6.07, 6.45) is 2.17. The second-order valence-corrected chi connectivity index (χ2v) is 7.76. The molecule has 1 aromatic carbocycles. The molecule has 25 heavy (non-hydrogen) atoms. The number of nitrogens with one attached hydrogen (secondary N) is 2. The predicted octanol–water partition coefficient (Wildman–Crippen LogP) is 2.25. The minimum atomic E-state index is -0.600. The molecule has 1 heterocycles. The van der Waals surface area contributed by atoms with Crippen molar-refractivity contribution in [2.75, 3.05) is 19.6 Å². The fourth-order valence-corrected chi connectivity index (χ4v) is 3.58. The molecule has 0 spiro atoms. The van der Waals surface area contributed by atoms with Gasteiger partial charge in [0.05, 0.1) is 0 Å². The number of piperazine rings is 1. The fraction of sp³-hybridized carbons (Fsp3) is 0.556. The van der Waals surface area contributed by atoms with Crippen molar-refractivity contribution in [2.24, 2.45) is 5.92 Å². The molecule has 7 heteroatoms. The number of carbonyl (C=O) groups is 2. The van der Waals surface area contributed by atoms with Crippen LogP contribution in [0.2, 0.25) is 10.0 Å². The second-order valence-electron chi connectivity index (χ2n) is 6.91. The topological polar surface area (TPSA) is 61.4 Å². The van der Waals surface area contributed by atoms with Crippen molar-refractivity contribution in [1.82, 2.24) is 15.5 Å². The molecule has 1 aromatic rings. The lowest BCUT2D eigenvalue weighted by molar-refractivity contribution is -0.137. The van der Waals surface area contributed by atoms with E-state index in [0.29, 0.717) is 29.6 Å². The van der Waals surface area contributed by atoms with Gasteiger partial charge < -0.3 is 15.5 Å². The lowest BCUT2D eigenvalue weighted by Gasteiger charge is -2.34. The number of hydrogen-bond donors (Lipinski definition) is 2. The molecular formula is C18H23Cl2N3O2. The Morgan fingerprint density at radius 1 is 1.36 bits per heavy atom. The van der Waals surface area contributed by atoms with Crippen LogP contribution in [0.1, 0.15) is 25.3 Å².